The molecule has 0 aliphatic rings. The second kappa shape index (κ2) is 5.96. The summed E-state index contributed by atoms with van der Waals surface area (Å²) in [5.41, 5.74) is 2.86. The minimum absolute atomic E-state index is 0.614. The Bertz CT molecular complexity index is 503. The number of rotatable bonds is 5. The maximum absolute atomic E-state index is 10.5. The van der Waals surface area contributed by atoms with Crippen LogP contribution in [0.5, 0.6) is 5.75 Å². The van der Waals surface area contributed by atoms with Crippen molar-refractivity contribution < 1.29 is 9.53 Å². The van der Waals surface area contributed by atoms with Crippen LogP contribution in [0.15, 0.2) is 42.6 Å². The molecular weight excluding hydrogens is 226 g/mol. The molecule has 3 nitrogen and oxygen atoms in total. The highest BCUT2D eigenvalue weighted by Gasteiger charge is 1.98. The van der Waals surface area contributed by atoms with Gasteiger partial charge in [-0.15, -0.1) is 0 Å². The van der Waals surface area contributed by atoms with Crippen molar-refractivity contribution in [2.45, 2.75) is 12.8 Å². The molecule has 0 aliphatic carbocycles. The second-order valence-corrected chi connectivity index (χ2v) is 4.05. The first-order valence-corrected chi connectivity index (χ1v) is 5.85. The van der Waals surface area contributed by atoms with E-state index in [4.69, 9.17) is 4.74 Å². The van der Waals surface area contributed by atoms with Crippen molar-refractivity contribution >= 4 is 6.29 Å². The van der Waals surface area contributed by atoms with Crippen molar-refractivity contribution in [3.8, 4) is 5.75 Å². The highest BCUT2D eigenvalue weighted by molar-refractivity contribution is 5.73. The summed E-state index contributed by atoms with van der Waals surface area (Å²) in [6, 6.07) is 11.7. The van der Waals surface area contributed by atoms with Gasteiger partial charge in [-0.2, -0.15) is 0 Å². The van der Waals surface area contributed by atoms with Crippen molar-refractivity contribution in [3.05, 3.63) is 59.4 Å². The number of aryl methyl sites for hydroxylation is 2. The van der Waals surface area contributed by atoms with Crippen LogP contribution >= 0.6 is 0 Å². The zero-order valence-corrected chi connectivity index (χ0v) is 10.3. The van der Waals surface area contributed by atoms with Crippen molar-refractivity contribution in [3.63, 3.8) is 0 Å². The van der Waals surface area contributed by atoms with Gasteiger partial charge in [0.25, 0.3) is 0 Å². The molecule has 0 N–H and O–H groups in total. The average Bonchev–Trinajstić information content (AvgIpc) is 2.46. The Morgan fingerprint density at radius 1 is 1.11 bits per heavy atom. The molecule has 2 rings (SSSR count). The molecule has 1 aromatic carbocycles. The summed E-state index contributed by atoms with van der Waals surface area (Å²) in [5.74, 6) is 0.868. The first-order valence-electron chi connectivity index (χ1n) is 5.85. The molecule has 18 heavy (non-hydrogen) atoms. The van der Waals surface area contributed by atoms with Gasteiger partial charge in [0.05, 0.1) is 7.11 Å². The lowest BCUT2D eigenvalue weighted by atomic mass is 10.1. The molecule has 0 saturated heterocycles. The van der Waals surface area contributed by atoms with Gasteiger partial charge in [-0.3, -0.25) is 9.78 Å². The summed E-state index contributed by atoms with van der Waals surface area (Å²) in [6.07, 6.45) is 4.21. The number of aromatic nitrogens is 1. The van der Waals surface area contributed by atoms with E-state index in [1.165, 1.54) is 5.56 Å². The van der Waals surface area contributed by atoms with Crippen LogP contribution in [0.2, 0.25) is 0 Å². The first kappa shape index (κ1) is 12.3. The van der Waals surface area contributed by atoms with Gasteiger partial charge in [0, 0.05) is 17.5 Å². The van der Waals surface area contributed by atoms with Gasteiger partial charge in [-0.1, -0.05) is 12.1 Å². The molecule has 0 bridgehead atoms. The molecule has 92 valence electrons. The van der Waals surface area contributed by atoms with E-state index in [9.17, 15) is 4.79 Å². The largest absolute Gasteiger partial charge is 0.497 e. The van der Waals surface area contributed by atoms with Gasteiger partial charge < -0.3 is 4.74 Å². The standard InChI is InChI=1S/C15H15NO2/c1-18-15-8-4-12(5-9-15)2-6-14-7-3-13(11-17)10-16-14/h3-5,7-11H,2,6H2,1H3. The Balaban J connectivity index is 1.95. The maximum Gasteiger partial charge on any atom is 0.151 e. The average molecular weight is 241 g/mol. The predicted molar refractivity (Wildman–Crippen MR) is 70.0 cm³/mol. The molecule has 0 saturated carbocycles. The van der Waals surface area contributed by atoms with E-state index in [0.717, 1.165) is 30.6 Å². The number of hydrogen-bond donors (Lipinski definition) is 0. The van der Waals surface area contributed by atoms with Crippen LogP contribution < -0.4 is 4.74 Å². The van der Waals surface area contributed by atoms with Crippen molar-refractivity contribution in [2.24, 2.45) is 0 Å². The van der Waals surface area contributed by atoms with Crippen molar-refractivity contribution in [1.29, 1.82) is 0 Å². The van der Waals surface area contributed by atoms with E-state index in [0.29, 0.717) is 5.56 Å². The highest BCUT2D eigenvalue weighted by Crippen LogP contribution is 2.13. The molecule has 1 heterocycles. The minimum Gasteiger partial charge on any atom is -0.497 e. The third-order valence-corrected chi connectivity index (χ3v) is 2.81. The Hall–Kier alpha value is -2.16. The summed E-state index contributed by atoms with van der Waals surface area (Å²) in [4.78, 5) is 14.7. The molecule has 0 radical (unpaired) electrons. The number of carbonyl (C=O) groups excluding carboxylic acids is 1. The number of methoxy groups -OCH3 is 1. The van der Waals surface area contributed by atoms with E-state index < -0.39 is 0 Å². The number of ether oxygens (including phenoxy) is 1. The molecule has 0 amide bonds. The number of benzene rings is 1. The Morgan fingerprint density at radius 3 is 2.44 bits per heavy atom. The van der Waals surface area contributed by atoms with Gasteiger partial charge in [0.2, 0.25) is 0 Å². The van der Waals surface area contributed by atoms with Crippen molar-refractivity contribution in [1.82, 2.24) is 4.98 Å². The van der Waals surface area contributed by atoms with Crippen LogP contribution in [0.1, 0.15) is 21.6 Å². The molecule has 0 spiro atoms. The van der Waals surface area contributed by atoms with Crippen molar-refractivity contribution in [2.75, 3.05) is 7.11 Å². The van der Waals surface area contributed by atoms with Crippen LogP contribution in [0.25, 0.3) is 0 Å². The van der Waals surface area contributed by atoms with Crippen LogP contribution in [0.3, 0.4) is 0 Å². The van der Waals surface area contributed by atoms with Gasteiger partial charge in [-0.05, 0) is 42.7 Å². The lowest BCUT2D eigenvalue weighted by Gasteiger charge is -2.03. The van der Waals surface area contributed by atoms with Gasteiger partial charge in [-0.25, -0.2) is 0 Å². The number of nitrogens with zero attached hydrogens (tertiary/aromatic N) is 1. The number of carbonyl (C=O) groups is 1. The Kier molecular flexibility index (Phi) is 4.07. The van der Waals surface area contributed by atoms with Gasteiger partial charge >= 0.3 is 0 Å². The van der Waals surface area contributed by atoms with Crippen LogP contribution in [0.4, 0.5) is 0 Å². The van der Waals surface area contributed by atoms with Crippen LogP contribution in [-0.2, 0) is 12.8 Å². The van der Waals surface area contributed by atoms with Crippen LogP contribution in [0, 0.1) is 0 Å². The topological polar surface area (TPSA) is 39.2 Å². The second-order valence-electron chi connectivity index (χ2n) is 4.05. The van der Waals surface area contributed by atoms with E-state index >= 15 is 0 Å². The SMILES string of the molecule is COc1ccc(CCc2ccc(C=O)cn2)cc1. The Labute approximate surface area is 106 Å². The number of aldehydes is 1. The summed E-state index contributed by atoms with van der Waals surface area (Å²) in [6.45, 7) is 0. The lowest BCUT2D eigenvalue weighted by Crippen LogP contribution is -1.95. The lowest BCUT2D eigenvalue weighted by molar-refractivity contribution is 0.112. The molecule has 3 heteroatoms. The fraction of sp³-hybridized carbons (Fsp3) is 0.200. The molecular formula is C15H15NO2. The van der Waals surface area contributed by atoms with Gasteiger partial charge in [0.15, 0.2) is 6.29 Å². The zero-order chi connectivity index (χ0) is 12.8. The third kappa shape index (κ3) is 3.17. The summed E-state index contributed by atoms with van der Waals surface area (Å²) >= 11 is 0. The van der Waals surface area contributed by atoms with E-state index in [-0.39, 0.29) is 0 Å². The minimum atomic E-state index is 0.614. The predicted octanol–water partition coefficient (Wildman–Crippen LogP) is 2.69. The molecule has 0 aliphatic heterocycles. The summed E-state index contributed by atoms with van der Waals surface area (Å²) in [7, 11) is 1.66. The first-order chi connectivity index (χ1) is 8.81. The monoisotopic (exact) mass is 241 g/mol. The smallest absolute Gasteiger partial charge is 0.151 e. The maximum atomic E-state index is 10.5. The molecule has 1 aromatic heterocycles. The summed E-state index contributed by atoms with van der Waals surface area (Å²) in [5, 5.41) is 0. The highest BCUT2D eigenvalue weighted by atomic mass is 16.5. The normalized spacial score (nSPS) is 10.1. The molecule has 2 aromatic rings. The fourth-order valence-electron chi connectivity index (χ4n) is 1.72. The zero-order valence-electron chi connectivity index (χ0n) is 10.3. The number of pyridine rings is 1. The van der Waals surface area contributed by atoms with E-state index in [1.54, 1.807) is 19.4 Å². The van der Waals surface area contributed by atoms with E-state index in [1.807, 2.05) is 18.2 Å². The molecule has 0 atom stereocenters. The van der Waals surface area contributed by atoms with Gasteiger partial charge in [0.1, 0.15) is 5.75 Å². The van der Waals surface area contributed by atoms with Crippen LogP contribution in [-0.4, -0.2) is 18.4 Å². The summed E-state index contributed by atoms with van der Waals surface area (Å²) < 4.78 is 5.11. The fourth-order valence-corrected chi connectivity index (χ4v) is 1.72. The molecule has 0 unspecified atom stereocenters. The van der Waals surface area contributed by atoms with E-state index in [2.05, 4.69) is 17.1 Å². The number of hydrogen-bond acceptors (Lipinski definition) is 3. The molecule has 0 fully saturated rings. The quantitative estimate of drug-likeness (QED) is 0.755. The third-order valence-electron chi connectivity index (χ3n) is 2.81. The Morgan fingerprint density at radius 2 is 1.89 bits per heavy atom.